The van der Waals surface area contributed by atoms with Gasteiger partial charge in [-0.1, -0.05) is 50.7 Å². The van der Waals surface area contributed by atoms with Crippen LogP contribution in [0.1, 0.15) is 33.5 Å². The van der Waals surface area contributed by atoms with E-state index in [0.717, 1.165) is 5.69 Å². The van der Waals surface area contributed by atoms with Gasteiger partial charge in [0, 0.05) is 17.6 Å². The Morgan fingerprint density at radius 2 is 1.91 bits per heavy atom. The fraction of sp³-hybridized carbons (Fsp3) is 0.438. The predicted octanol–water partition coefficient (Wildman–Crippen LogP) is 2.43. The summed E-state index contributed by atoms with van der Waals surface area (Å²) in [6, 6.07) is 9.63. The predicted molar refractivity (Wildman–Crippen MR) is 94.1 cm³/mol. The summed E-state index contributed by atoms with van der Waals surface area (Å²) in [5, 5.41) is 8.77. The summed E-state index contributed by atoms with van der Waals surface area (Å²) in [6.07, 6.45) is 0. The van der Waals surface area contributed by atoms with E-state index in [4.69, 9.17) is 5.84 Å². The van der Waals surface area contributed by atoms with Crippen LogP contribution < -0.4 is 10.7 Å². The lowest BCUT2D eigenvalue weighted by molar-refractivity contribution is -0.116. The lowest BCUT2D eigenvalue weighted by atomic mass is 9.96. The van der Waals surface area contributed by atoms with E-state index in [9.17, 15) is 4.79 Å². The van der Waals surface area contributed by atoms with Crippen molar-refractivity contribution in [2.75, 3.05) is 23.0 Å². The number of carbonyl (C=O) groups is 1. The SMILES string of the molecule is CCN(C(=O)CSc1nnc(C(C)(C)C)n1N)c1ccccc1. The molecule has 1 heterocycles. The minimum Gasteiger partial charge on any atom is -0.336 e. The third-order valence-electron chi connectivity index (χ3n) is 3.35. The van der Waals surface area contributed by atoms with Crippen LogP contribution in [0.15, 0.2) is 35.5 Å². The summed E-state index contributed by atoms with van der Waals surface area (Å²) >= 11 is 1.30. The average molecular weight is 333 g/mol. The summed E-state index contributed by atoms with van der Waals surface area (Å²) < 4.78 is 1.47. The molecule has 0 saturated heterocycles. The van der Waals surface area contributed by atoms with Crippen molar-refractivity contribution in [1.29, 1.82) is 0 Å². The van der Waals surface area contributed by atoms with Crippen LogP contribution in [0.5, 0.6) is 0 Å². The molecule has 0 unspecified atom stereocenters. The largest absolute Gasteiger partial charge is 0.336 e. The third-order valence-corrected chi connectivity index (χ3v) is 4.27. The van der Waals surface area contributed by atoms with Crippen molar-refractivity contribution in [3.05, 3.63) is 36.2 Å². The van der Waals surface area contributed by atoms with Gasteiger partial charge in [-0.25, -0.2) is 4.68 Å². The number of hydrogen-bond acceptors (Lipinski definition) is 5. The van der Waals surface area contributed by atoms with Crippen LogP contribution in [0.4, 0.5) is 5.69 Å². The normalized spacial score (nSPS) is 11.5. The van der Waals surface area contributed by atoms with Crippen molar-refractivity contribution in [2.45, 2.75) is 38.3 Å². The Hall–Kier alpha value is -2.02. The van der Waals surface area contributed by atoms with Crippen LogP contribution in [0.2, 0.25) is 0 Å². The Morgan fingerprint density at radius 1 is 1.26 bits per heavy atom. The Kier molecular flexibility index (Phi) is 5.30. The first-order valence-electron chi connectivity index (χ1n) is 7.53. The zero-order valence-electron chi connectivity index (χ0n) is 14.0. The second-order valence-corrected chi connectivity index (χ2v) is 7.13. The monoisotopic (exact) mass is 333 g/mol. The number of benzene rings is 1. The zero-order valence-corrected chi connectivity index (χ0v) is 14.8. The number of para-hydroxylation sites is 1. The number of nitrogens with zero attached hydrogens (tertiary/aromatic N) is 4. The standard InChI is InChI=1S/C16H23N5OS/c1-5-20(12-9-7-6-8-10-12)13(22)11-23-15-19-18-14(21(15)17)16(2,3)4/h6-10H,5,11,17H2,1-4H3. The van der Waals surface area contributed by atoms with Crippen molar-refractivity contribution in [2.24, 2.45) is 0 Å². The van der Waals surface area contributed by atoms with E-state index in [1.54, 1.807) is 4.90 Å². The second kappa shape index (κ2) is 7.04. The first-order chi connectivity index (χ1) is 10.8. The lowest BCUT2D eigenvalue weighted by Crippen LogP contribution is -2.32. The number of thioether (sulfide) groups is 1. The molecular weight excluding hydrogens is 310 g/mol. The molecule has 1 aromatic heterocycles. The molecule has 0 radical (unpaired) electrons. The molecule has 2 aromatic rings. The van der Waals surface area contributed by atoms with Gasteiger partial charge in [0.2, 0.25) is 11.1 Å². The summed E-state index contributed by atoms with van der Waals surface area (Å²) in [4.78, 5) is 14.2. The van der Waals surface area contributed by atoms with Crippen molar-refractivity contribution in [3.8, 4) is 0 Å². The smallest absolute Gasteiger partial charge is 0.237 e. The van der Waals surface area contributed by atoms with Gasteiger partial charge >= 0.3 is 0 Å². The molecule has 1 aromatic carbocycles. The fourth-order valence-corrected chi connectivity index (χ4v) is 2.93. The van der Waals surface area contributed by atoms with E-state index in [-0.39, 0.29) is 17.1 Å². The molecule has 23 heavy (non-hydrogen) atoms. The zero-order chi connectivity index (χ0) is 17.0. The summed E-state index contributed by atoms with van der Waals surface area (Å²) in [6.45, 7) is 8.64. The summed E-state index contributed by atoms with van der Waals surface area (Å²) in [5.41, 5.74) is 0.703. The summed E-state index contributed by atoms with van der Waals surface area (Å²) in [7, 11) is 0. The van der Waals surface area contributed by atoms with Gasteiger partial charge in [0.25, 0.3) is 0 Å². The molecule has 0 atom stereocenters. The Morgan fingerprint density at radius 3 is 2.43 bits per heavy atom. The third kappa shape index (κ3) is 4.04. The molecule has 2 N–H and O–H groups in total. The number of anilines is 1. The van der Waals surface area contributed by atoms with Gasteiger partial charge in [0.1, 0.15) is 0 Å². The number of carbonyl (C=O) groups excluding carboxylic acids is 1. The number of nitrogen functional groups attached to an aromatic ring is 1. The molecule has 0 aliphatic heterocycles. The molecule has 2 rings (SSSR count). The number of rotatable bonds is 5. The maximum atomic E-state index is 12.5. The number of amides is 1. The maximum Gasteiger partial charge on any atom is 0.237 e. The second-order valence-electron chi connectivity index (χ2n) is 6.19. The minimum absolute atomic E-state index is 0.0176. The van der Waals surface area contributed by atoms with Gasteiger partial charge in [-0.05, 0) is 19.1 Å². The first kappa shape index (κ1) is 17.3. The van der Waals surface area contributed by atoms with Gasteiger partial charge < -0.3 is 10.7 Å². The highest BCUT2D eigenvalue weighted by Gasteiger charge is 2.24. The average Bonchev–Trinajstić information content (AvgIpc) is 2.88. The van der Waals surface area contributed by atoms with Crippen molar-refractivity contribution in [1.82, 2.24) is 14.9 Å². The van der Waals surface area contributed by atoms with Gasteiger partial charge in [0.15, 0.2) is 5.82 Å². The quantitative estimate of drug-likeness (QED) is 0.672. The Bertz CT molecular complexity index is 663. The molecule has 6 nitrogen and oxygen atoms in total. The van der Waals surface area contributed by atoms with Crippen LogP contribution in [0.3, 0.4) is 0 Å². The van der Waals surface area contributed by atoms with E-state index in [1.807, 2.05) is 58.0 Å². The van der Waals surface area contributed by atoms with E-state index in [1.165, 1.54) is 16.4 Å². The van der Waals surface area contributed by atoms with E-state index < -0.39 is 0 Å². The van der Waals surface area contributed by atoms with Crippen LogP contribution in [0.25, 0.3) is 0 Å². The highest BCUT2D eigenvalue weighted by Crippen LogP contribution is 2.24. The molecule has 0 aliphatic carbocycles. The molecule has 0 saturated carbocycles. The maximum absolute atomic E-state index is 12.5. The van der Waals surface area contributed by atoms with Crippen molar-refractivity contribution >= 4 is 23.4 Å². The molecule has 0 bridgehead atoms. The van der Waals surface area contributed by atoms with Gasteiger partial charge in [-0.3, -0.25) is 4.79 Å². The fourth-order valence-electron chi connectivity index (χ4n) is 2.20. The van der Waals surface area contributed by atoms with Crippen LogP contribution in [-0.4, -0.2) is 33.1 Å². The molecule has 0 aliphatic rings. The molecule has 7 heteroatoms. The van der Waals surface area contributed by atoms with Crippen molar-refractivity contribution in [3.63, 3.8) is 0 Å². The Labute approximate surface area is 141 Å². The molecule has 0 fully saturated rings. The van der Waals surface area contributed by atoms with E-state index >= 15 is 0 Å². The number of hydrogen-bond donors (Lipinski definition) is 1. The first-order valence-corrected chi connectivity index (χ1v) is 8.52. The van der Waals surface area contributed by atoms with Gasteiger partial charge in [0.05, 0.1) is 5.75 Å². The van der Waals surface area contributed by atoms with E-state index in [0.29, 0.717) is 17.5 Å². The lowest BCUT2D eigenvalue weighted by Gasteiger charge is -2.20. The molecule has 1 amide bonds. The van der Waals surface area contributed by atoms with E-state index in [2.05, 4.69) is 10.2 Å². The van der Waals surface area contributed by atoms with Gasteiger partial charge in [-0.15, -0.1) is 10.2 Å². The number of aromatic nitrogens is 3. The molecular formula is C16H23N5OS. The van der Waals surface area contributed by atoms with Crippen molar-refractivity contribution < 1.29 is 4.79 Å². The minimum atomic E-state index is -0.190. The molecule has 0 spiro atoms. The highest BCUT2D eigenvalue weighted by molar-refractivity contribution is 7.99. The van der Waals surface area contributed by atoms with Gasteiger partial charge in [-0.2, -0.15) is 0 Å². The topological polar surface area (TPSA) is 77.0 Å². The highest BCUT2D eigenvalue weighted by atomic mass is 32.2. The van der Waals surface area contributed by atoms with Crippen LogP contribution >= 0.6 is 11.8 Å². The van der Waals surface area contributed by atoms with Crippen LogP contribution in [-0.2, 0) is 10.2 Å². The molecule has 124 valence electrons. The summed E-state index contributed by atoms with van der Waals surface area (Å²) in [5.74, 6) is 7.02. The Balaban J connectivity index is 2.06. The number of nitrogens with two attached hydrogens (primary N) is 1. The van der Waals surface area contributed by atoms with Crippen LogP contribution in [0, 0.1) is 0 Å².